The molecule has 0 atom stereocenters. The molecule has 4 nitrogen and oxygen atoms in total. The van der Waals surface area contributed by atoms with Gasteiger partial charge in [0.1, 0.15) is 9.88 Å². The van der Waals surface area contributed by atoms with Crippen molar-refractivity contribution in [2.45, 2.75) is 25.3 Å². The quantitative estimate of drug-likeness (QED) is 0.898. The SMILES string of the molecule is NCc1ccc(-c2nc(C3CC3)c(C(=O)O)s2)cc1. The molecule has 0 aliphatic heterocycles. The Morgan fingerprint density at radius 2 is 2.05 bits per heavy atom. The number of benzene rings is 1. The predicted octanol–water partition coefficient (Wildman–Crippen LogP) is 2.84. The average molecular weight is 274 g/mol. The standard InChI is InChI=1S/C14H14N2O2S/c15-7-8-1-3-10(4-2-8)13-16-11(9-5-6-9)12(19-13)14(17)18/h1-4,9H,5-7,15H2,(H,17,18). The normalized spacial score (nSPS) is 14.6. The number of carboxylic acids is 1. The van der Waals surface area contributed by atoms with Crippen LogP contribution in [0.2, 0.25) is 0 Å². The maximum Gasteiger partial charge on any atom is 0.347 e. The number of carbonyl (C=O) groups is 1. The predicted molar refractivity (Wildman–Crippen MR) is 74.4 cm³/mol. The van der Waals surface area contributed by atoms with Gasteiger partial charge in [0.2, 0.25) is 0 Å². The van der Waals surface area contributed by atoms with E-state index in [9.17, 15) is 9.90 Å². The molecule has 0 unspecified atom stereocenters. The average Bonchev–Trinajstić information content (AvgIpc) is 3.17. The number of hydrogen-bond donors (Lipinski definition) is 2. The van der Waals surface area contributed by atoms with Crippen molar-refractivity contribution in [2.75, 3.05) is 0 Å². The largest absolute Gasteiger partial charge is 0.477 e. The van der Waals surface area contributed by atoms with Crippen LogP contribution in [0.1, 0.15) is 39.7 Å². The summed E-state index contributed by atoms with van der Waals surface area (Å²) < 4.78 is 0. The van der Waals surface area contributed by atoms with Crippen LogP contribution in [-0.2, 0) is 6.54 Å². The number of carboxylic acid groups (broad SMARTS) is 1. The van der Waals surface area contributed by atoms with Gasteiger partial charge in [0.05, 0.1) is 5.69 Å². The van der Waals surface area contributed by atoms with Crippen molar-refractivity contribution in [3.63, 3.8) is 0 Å². The fourth-order valence-electron chi connectivity index (χ4n) is 2.03. The van der Waals surface area contributed by atoms with Gasteiger partial charge in [-0.1, -0.05) is 24.3 Å². The van der Waals surface area contributed by atoms with Gasteiger partial charge in [-0.3, -0.25) is 0 Å². The Morgan fingerprint density at radius 1 is 1.37 bits per heavy atom. The van der Waals surface area contributed by atoms with Gasteiger partial charge in [0, 0.05) is 18.0 Å². The van der Waals surface area contributed by atoms with E-state index in [0.29, 0.717) is 17.3 Å². The highest BCUT2D eigenvalue weighted by atomic mass is 32.1. The second-order valence-electron chi connectivity index (χ2n) is 4.71. The van der Waals surface area contributed by atoms with Crippen molar-refractivity contribution in [3.05, 3.63) is 40.4 Å². The van der Waals surface area contributed by atoms with E-state index in [1.807, 2.05) is 24.3 Å². The summed E-state index contributed by atoms with van der Waals surface area (Å²) in [5.74, 6) is -0.524. The highest BCUT2D eigenvalue weighted by molar-refractivity contribution is 7.17. The third-order valence-electron chi connectivity index (χ3n) is 3.25. The summed E-state index contributed by atoms with van der Waals surface area (Å²) in [6.07, 6.45) is 2.10. The molecule has 0 amide bonds. The van der Waals surface area contributed by atoms with Crippen LogP contribution in [0.5, 0.6) is 0 Å². The number of aromatic nitrogens is 1. The molecule has 0 saturated heterocycles. The molecule has 2 aromatic rings. The van der Waals surface area contributed by atoms with Crippen molar-refractivity contribution >= 4 is 17.3 Å². The minimum atomic E-state index is -0.871. The van der Waals surface area contributed by atoms with Gasteiger partial charge in [-0.25, -0.2) is 9.78 Å². The van der Waals surface area contributed by atoms with Crippen LogP contribution >= 0.6 is 11.3 Å². The minimum absolute atomic E-state index is 0.347. The lowest BCUT2D eigenvalue weighted by Crippen LogP contribution is -1.97. The summed E-state index contributed by atoms with van der Waals surface area (Å²) >= 11 is 1.26. The number of thiazole rings is 1. The first kappa shape index (κ1) is 12.3. The first-order chi connectivity index (χ1) is 9.19. The highest BCUT2D eigenvalue weighted by Gasteiger charge is 2.32. The maximum absolute atomic E-state index is 11.3. The van der Waals surface area contributed by atoms with E-state index in [1.165, 1.54) is 11.3 Å². The molecule has 1 fully saturated rings. The van der Waals surface area contributed by atoms with E-state index in [-0.39, 0.29) is 0 Å². The second kappa shape index (κ2) is 4.75. The van der Waals surface area contributed by atoms with E-state index < -0.39 is 5.97 Å². The minimum Gasteiger partial charge on any atom is -0.477 e. The first-order valence-corrected chi connectivity index (χ1v) is 7.04. The van der Waals surface area contributed by atoms with E-state index in [0.717, 1.165) is 34.7 Å². The van der Waals surface area contributed by atoms with Crippen LogP contribution in [0.3, 0.4) is 0 Å². The summed E-state index contributed by atoms with van der Waals surface area (Å²) in [5.41, 5.74) is 8.34. The van der Waals surface area contributed by atoms with Crippen LogP contribution in [0.25, 0.3) is 10.6 Å². The zero-order valence-electron chi connectivity index (χ0n) is 10.3. The molecule has 1 aliphatic rings. The molecule has 0 spiro atoms. The van der Waals surface area contributed by atoms with E-state index >= 15 is 0 Å². The monoisotopic (exact) mass is 274 g/mol. The Bertz CT molecular complexity index is 615. The van der Waals surface area contributed by atoms with E-state index in [4.69, 9.17) is 5.73 Å². The van der Waals surface area contributed by atoms with Gasteiger partial charge in [0.25, 0.3) is 0 Å². The Labute approximate surface area is 114 Å². The smallest absolute Gasteiger partial charge is 0.347 e. The van der Waals surface area contributed by atoms with Crippen molar-refractivity contribution in [3.8, 4) is 10.6 Å². The molecule has 1 aliphatic carbocycles. The molecule has 0 bridgehead atoms. The molecular formula is C14H14N2O2S. The lowest BCUT2D eigenvalue weighted by molar-refractivity contribution is 0.0700. The van der Waals surface area contributed by atoms with E-state index in [2.05, 4.69) is 4.98 Å². The van der Waals surface area contributed by atoms with Crippen LogP contribution in [0.4, 0.5) is 0 Å². The summed E-state index contributed by atoms with van der Waals surface area (Å²) in [6, 6.07) is 7.80. The van der Waals surface area contributed by atoms with E-state index in [1.54, 1.807) is 0 Å². The Kier molecular flexibility index (Phi) is 3.08. The van der Waals surface area contributed by atoms with Crippen molar-refractivity contribution in [2.24, 2.45) is 5.73 Å². The summed E-state index contributed by atoms with van der Waals surface area (Å²) in [4.78, 5) is 16.2. The third-order valence-corrected chi connectivity index (χ3v) is 4.36. The van der Waals surface area contributed by atoms with Crippen LogP contribution in [-0.4, -0.2) is 16.1 Å². The fourth-order valence-corrected chi connectivity index (χ4v) is 3.02. The molecule has 1 aromatic carbocycles. The zero-order valence-corrected chi connectivity index (χ0v) is 11.1. The van der Waals surface area contributed by atoms with Crippen molar-refractivity contribution in [1.29, 1.82) is 0 Å². The van der Waals surface area contributed by atoms with Gasteiger partial charge in [-0.15, -0.1) is 11.3 Å². The van der Waals surface area contributed by atoms with Gasteiger partial charge in [-0.2, -0.15) is 0 Å². The molecule has 1 saturated carbocycles. The second-order valence-corrected chi connectivity index (χ2v) is 5.71. The molecule has 0 radical (unpaired) electrons. The third kappa shape index (κ3) is 2.39. The number of aromatic carboxylic acids is 1. The fraction of sp³-hybridized carbons (Fsp3) is 0.286. The topological polar surface area (TPSA) is 76.2 Å². The van der Waals surface area contributed by atoms with Gasteiger partial charge < -0.3 is 10.8 Å². The van der Waals surface area contributed by atoms with Crippen molar-refractivity contribution in [1.82, 2.24) is 4.98 Å². The molecule has 98 valence electrons. The van der Waals surface area contributed by atoms with Crippen molar-refractivity contribution < 1.29 is 9.90 Å². The lowest BCUT2D eigenvalue weighted by atomic mass is 10.1. The lowest BCUT2D eigenvalue weighted by Gasteiger charge is -1.98. The molecule has 1 aromatic heterocycles. The first-order valence-electron chi connectivity index (χ1n) is 6.22. The number of nitrogens with zero attached hydrogens (tertiary/aromatic N) is 1. The van der Waals surface area contributed by atoms with Gasteiger partial charge in [0.15, 0.2) is 0 Å². The summed E-state index contributed by atoms with van der Waals surface area (Å²) in [7, 11) is 0. The highest BCUT2D eigenvalue weighted by Crippen LogP contribution is 2.44. The molecule has 1 heterocycles. The van der Waals surface area contributed by atoms with Crippen LogP contribution in [0, 0.1) is 0 Å². The molecule has 19 heavy (non-hydrogen) atoms. The molecule has 3 rings (SSSR count). The maximum atomic E-state index is 11.3. The van der Waals surface area contributed by atoms with Crippen LogP contribution in [0.15, 0.2) is 24.3 Å². The van der Waals surface area contributed by atoms with Gasteiger partial charge in [-0.05, 0) is 18.4 Å². The number of rotatable bonds is 4. The molecule has 3 N–H and O–H groups in total. The summed E-state index contributed by atoms with van der Waals surface area (Å²) in [5, 5.41) is 10.0. The zero-order chi connectivity index (χ0) is 13.4. The molecule has 5 heteroatoms. The summed E-state index contributed by atoms with van der Waals surface area (Å²) in [6.45, 7) is 0.506. The molecular weight excluding hydrogens is 260 g/mol. The van der Waals surface area contributed by atoms with Gasteiger partial charge >= 0.3 is 5.97 Å². The Hall–Kier alpha value is -1.72. The Morgan fingerprint density at radius 3 is 2.58 bits per heavy atom. The Balaban J connectivity index is 1.99. The number of nitrogens with two attached hydrogens (primary N) is 1. The number of hydrogen-bond acceptors (Lipinski definition) is 4. The van der Waals surface area contributed by atoms with Crippen LogP contribution < -0.4 is 5.73 Å².